The number of aryl methyl sites for hydroxylation is 1. The Kier molecular flexibility index (Phi) is 4.90. The molecule has 0 aliphatic carbocycles. The van der Waals surface area contributed by atoms with Crippen molar-refractivity contribution in [3.8, 4) is 11.4 Å². The Morgan fingerprint density at radius 1 is 1.17 bits per heavy atom. The molecule has 4 rings (SSSR count). The van der Waals surface area contributed by atoms with Crippen molar-refractivity contribution >= 4 is 23.6 Å². The first-order valence-electron chi connectivity index (χ1n) is 9.44. The van der Waals surface area contributed by atoms with Gasteiger partial charge >= 0.3 is 0 Å². The van der Waals surface area contributed by atoms with Crippen LogP contribution in [0.2, 0.25) is 0 Å². The van der Waals surface area contributed by atoms with E-state index in [4.69, 9.17) is 0 Å². The van der Waals surface area contributed by atoms with Gasteiger partial charge in [0.1, 0.15) is 17.6 Å². The van der Waals surface area contributed by atoms with Gasteiger partial charge in [0.15, 0.2) is 5.82 Å². The van der Waals surface area contributed by atoms with Gasteiger partial charge in [-0.15, -0.1) is 0 Å². The van der Waals surface area contributed by atoms with E-state index < -0.39 is 29.7 Å². The third-order valence-electron chi connectivity index (χ3n) is 5.13. The first-order valence-corrected chi connectivity index (χ1v) is 9.44. The lowest BCUT2D eigenvalue weighted by atomic mass is 10.0. The summed E-state index contributed by atoms with van der Waals surface area (Å²) in [5.41, 5.74) is 1.03. The molecule has 0 spiro atoms. The Balaban J connectivity index is 1.50. The monoisotopic (exact) mass is 408 g/mol. The average molecular weight is 408 g/mol. The Hall–Kier alpha value is -3.82. The fraction of sp³-hybridized carbons (Fsp3) is 0.300. The lowest BCUT2D eigenvalue weighted by molar-refractivity contribution is -0.150. The van der Waals surface area contributed by atoms with E-state index >= 15 is 0 Å². The van der Waals surface area contributed by atoms with Crippen molar-refractivity contribution in [2.24, 2.45) is 7.05 Å². The predicted octanol–water partition coefficient (Wildman–Crippen LogP) is -0.0282. The van der Waals surface area contributed by atoms with Crippen molar-refractivity contribution in [1.29, 1.82) is 0 Å². The van der Waals surface area contributed by atoms with Crippen LogP contribution in [0, 0.1) is 0 Å². The summed E-state index contributed by atoms with van der Waals surface area (Å²) in [5.74, 6) is -1.00. The van der Waals surface area contributed by atoms with Gasteiger partial charge in [0.2, 0.25) is 11.8 Å². The molecule has 154 valence electrons. The smallest absolute Gasteiger partial charge is 0.277 e. The highest BCUT2D eigenvalue weighted by Crippen LogP contribution is 2.24. The molecule has 4 amide bonds. The summed E-state index contributed by atoms with van der Waals surface area (Å²) < 4.78 is 1.62. The van der Waals surface area contributed by atoms with Gasteiger partial charge in [-0.05, 0) is 6.42 Å². The normalized spacial score (nSPS) is 19.2. The molecule has 0 unspecified atom stereocenters. The number of aromatic nitrogens is 3. The molecule has 3 heterocycles. The molecule has 1 aromatic carbocycles. The number of hydrogen-bond acceptors (Lipinski definition) is 7. The molecule has 2 aromatic rings. The van der Waals surface area contributed by atoms with E-state index in [2.05, 4.69) is 15.4 Å². The van der Waals surface area contributed by atoms with Crippen molar-refractivity contribution < 1.29 is 19.2 Å². The number of nitrogens with one attached hydrogen (secondary N) is 1. The molecule has 2 aliphatic rings. The van der Waals surface area contributed by atoms with Crippen molar-refractivity contribution in [1.82, 2.24) is 29.9 Å². The topological polar surface area (TPSA) is 118 Å². The summed E-state index contributed by atoms with van der Waals surface area (Å²) in [7, 11) is 3.43. The number of likely N-dealkylation sites (N-methyl/N-ethyl adjacent to an activating group) is 1. The standard InChI is InChI=1S/C20H20N6O4/c1-24(11-15-21-18(23-25(15)2)12-6-4-3-5-7-12)14-10-17(28)26(20(14)30)13-8-9-16(27)22-19(13)29/h3-7,10,13H,8-9,11H2,1-2H3,(H,22,27,29)/t13-/m1/s1. The van der Waals surface area contributed by atoms with E-state index in [0.29, 0.717) is 11.6 Å². The fourth-order valence-corrected chi connectivity index (χ4v) is 3.53. The van der Waals surface area contributed by atoms with Crippen LogP contribution in [0.3, 0.4) is 0 Å². The van der Waals surface area contributed by atoms with E-state index in [0.717, 1.165) is 10.5 Å². The third-order valence-corrected chi connectivity index (χ3v) is 5.13. The van der Waals surface area contributed by atoms with Gasteiger partial charge in [-0.1, -0.05) is 30.3 Å². The second-order valence-corrected chi connectivity index (χ2v) is 7.21. The van der Waals surface area contributed by atoms with Gasteiger partial charge in [0.25, 0.3) is 11.8 Å². The quantitative estimate of drug-likeness (QED) is 0.691. The Morgan fingerprint density at radius 2 is 1.90 bits per heavy atom. The number of rotatable bonds is 5. The highest BCUT2D eigenvalue weighted by Gasteiger charge is 2.43. The minimum atomic E-state index is -0.982. The molecular formula is C20H20N6O4. The van der Waals surface area contributed by atoms with Crippen molar-refractivity contribution in [3.63, 3.8) is 0 Å². The largest absolute Gasteiger partial charge is 0.362 e. The van der Waals surface area contributed by atoms with Gasteiger partial charge in [-0.2, -0.15) is 5.10 Å². The Morgan fingerprint density at radius 3 is 2.60 bits per heavy atom. The highest BCUT2D eigenvalue weighted by molar-refractivity contribution is 6.18. The van der Waals surface area contributed by atoms with Crippen molar-refractivity contribution in [3.05, 3.63) is 47.9 Å². The van der Waals surface area contributed by atoms with E-state index in [1.54, 1.807) is 23.7 Å². The maximum Gasteiger partial charge on any atom is 0.277 e. The maximum atomic E-state index is 12.9. The SMILES string of the molecule is CN(Cc1nc(-c2ccccc2)nn1C)C1=CC(=O)N([C@@H]2CCC(=O)NC2=O)C1=O. The van der Waals surface area contributed by atoms with Crippen LogP contribution in [0.4, 0.5) is 0 Å². The second kappa shape index (κ2) is 7.54. The number of hydrogen-bond donors (Lipinski definition) is 1. The lowest BCUT2D eigenvalue weighted by Crippen LogP contribution is -2.54. The molecule has 2 aliphatic heterocycles. The lowest BCUT2D eigenvalue weighted by Gasteiger charge is -2.29. The summed E-state index contributed by atoms with van der Waals surface area (Å²) in [6.07, 6.45) is 1.41. The first kappa shape index (κ1) is 19.5. The highest BCUT2D eigenvalue weighted by atomic mass is 16.2. The molecule has 1 aromatic heterocycles. The average Bonchev–Trinajstić information content (AvgIpc) is 3.22. The molecule has 30 heavy (non-hydrogen) atoms. The van der Waals surface area contributed by atoms with Crippen LogP contribution < -0.4 is 5.32 Å². The molecule has 1 atom stereocenters. The molecule has 10 heteroatoms. The van der Waals surface area contributed by atoms with Crippen LogP contribution in [0.1, 0.15) is 18.7 Å². The van der Waals surface area contributed by atoms with Gasteiger partial charge in [-0.3, -0.25) is 34.1 Å². The van der Waals surface area contributed by atoms with Crippen LogP contribution in [-0.4, -0.2) is 61.3 Å². The van der Waals surface area contributed by atoms with Gasteiger partial charge in [0.05, 0.1) is 6.54 Å². The third kappa shape index (κ3) is 3.47. The van der Waals surface area contributed by atoms with Crippen LogP contribution in [0.5, 0.6) is 0 Å². The summed E-state index contributed by atoms with van der Waals surface area (Å²) in [6.45, 7) is 0.240. The minimum Gasteiger partial charge on any atom is -0.362 e. The summed E-state index contributed by atoms with van der Waals surface area (Å²) in [6, 6.07) is 8.53. The number of benzene rings is 1. The second-order valence-electron chi connectivity index (χ2n) is 7.21. The van der Waals surface area contributed by atoms with E-state index in [-0.39, 0.29) is 25.1 Å². The number of carbonyl (C=O) groups is 4. The van der Waals surface area contributed by atoms with E-state index in [1.165, 1.54) is 6.08 Å². The molecular weight excluding hydrogens is 388 g/mol. The van der Waals surface area contributed by atoms with Crippen LogP contribution in [0.15, 0.2) is 42.1 Å². The molecule has 0 radical (unpaired) electrons. The predicted molar refractivity (Wildman–Crippen MR) is 104 cm³/mol. The number of piperidine rings is 1. The molecule has 1 saturated heterocycles. The molecule has 0 saturated carbocycles. The van der Waals surface area contributed by atoms with Gasteiger partial charge in [-0.25, -0.2) is 4.98 Å². The minimum absolute atomic E-state index is 0.0832. The first-order chi connectivity index (χ1) is 14.3. The van der Waals surface area contributed by atoms with Crippen molar-refractivity contribution in [2.45, 2.75) is 25.4 Å². The number of imide groups is 2. The number of amides is 4. The Bertz CT molecular complexity index is 1070. The van der Waals surface area contributed by atoms with Crippen LogP contribution in [0.25, 0.3) is 11.4 Å². The molecule has 0 bridgehead atoms. The zero-order valence-corrected chi connectivity index (χ0v) is 16.5. The number of carbonyl (C=O) groups excluding carboxylic acids is 4. The van der Waals surface area contributed by atoms with Crippen molar-refractivity contribution in [2.75, 3.05) is 7.05 Å². The van der Waals surface area contributed by atoms with Crippen LogP contribution >= 0.6 is 0 Å². The summed E-state index contributed by atoms with van der Waals surface area (Å²) in [5, 5.41) is 6.59. The zero-order chi connectivity index (χ0) is 21.4. The van der Waals surface area contributed by atoms with Gasteiger partial charge in [0, 0.05) is 32.2 Å². The van der Waals surface area contributed by atoms with E-state index in [1.807, 2.05) is 30.3 Å². The summed E-state index contributed by atoms with van der Waals surface area (Å²) >= 11 is 0. The molecule has 1 fully saturated rings. The maximum absolute atomic E-state index is 12.9. The van der Waals surface area contributed by atoms with Crippen LogP contribution in [-0.2, 0) is 32.8 Å². The Labute approximate surface area is 172 Å². The number of nitrogens with zero attached hydrogens (tertiary/aromatic N) is 5. The van der Waals surface area contributed by atoms with E-state index in [9.17, 15) is 19.2 Å². The van der Waals surface area contributed by atoms with Gasteiger partial charge < -0.3 is 4.90 Å². The zero-order valence-electron chi connectivity index (χ0n) is 16.5. The molecule has 10 nitrogen and oxygen atoms in total. The summed E-state index contributed by atoms with van der Waals surface area (Å²) in [4.78, 5) is 55.8. The molecule has 1 N–H and O–H groups in total. The fourth-order valence-electron chi connectivity index (χ4n) is 3.53.